The zero-order chi connectivity index (χ0) is 91.2. The molecule has 0 radical (unpaired) electrons. The number of benzene rings is 5. The van der Waals surface area contributed by atoms with E-state index < -0.39 is 25.5 Å². The van der Waals surface area contributed by atoms with Crippen LogP contribution in [0.4, 0.5) is 0 Å². The average molecular weight is 1600 g/mol. The van der Waals surface area contributed by atoms with Gasteiger partial charge in [0.15, 0.2) is 75.6 Å². The van der Waals surface area contributed by atoms with Gasteiger partial charge in [-0.05, 0) is 198 Å². The molecule has 0 N–H and O–H groups in total. The molecule has 15 heterocycles. The first kappa shape index (κ1) is 70.8. The second-order valence-corrected chi connectivity index (χ2v) is 32.3. The molecule has 0 spiro atoms. The van der Waals surface area contributed by atoms with Gasteiger partial charge in [0, 0.05) is 156 Å². The first-order valence-corrected chi connectivity index (χ1v) is 40.7. The Morgan fingerprint density at radius 1 is 0.317 bits per heavy atom. The van der Waals surface area contributed by atoms with Crippen LogP contribution in [-0.2, 0) is 35.2 Å². The van der Waals surface area contributed by atoms with Crippen molar-refractivity contribution in [3.8, 4) is 56.3 Å². The molecule has 0 saturated heterocycles. The minimum atomic E-state index is -2.50. The molecule has 20 rings (SSSR count). The van der Waals surface area contributed by atoms with Gasteiger partial charge in [-0.25, -0.2) is 32.8 Å². The third-order valence-electron chi connectivity index (χ3n) is 22.8. The molecule has 15 heteroatoms. The van der Waals surface area contributed by atoms with Gasteiger partial charge >= 0.3 is 0 Å². The fourth-order valence-corrected chi connectivity index (χ4v) is 16.6. The number of hydrogen-bond acceptors (Lipinski definition) is 10. The highest BCUT2D eigenvalue weighted by molar-refractivity contribution is 6.13. The lowest BCUT2D eigenvalue weighted by molar-refractivity contribution is -0.660. The molecule has 2 atom stereocenters. The maximum atomic E-state index is 8.51. The second-order valence-electron chi connectivity index (χ2n) is 32.3. The SMILES string of the molecule is Cc1ccc(-c2c(C)ccc3c2oc2c(C(C)C)ccnc23)[n+](C)c1.Cc1ccc(-c2c(C)ccc3c2oc2c(C(C)C)cncc23)[n+](C)c1.Cc1ccc2oc3c(-c4cccc[n+]4C)c(C)ccc3c2n1.[2H]C([2H])([2H])C([2H])(C)c1ccc2oc3c(-c4cccc[n+]4C)c(C)ccc3c2n1.[2H]C([2H])([2H])C([2H])(C)c1ccnc2c1oc1c(-c3cccc[n+]3C)c(C)ccc12. The van der Waals surface area contributed by atoms with Crippen LogP contribution in [0.2, 0.25) is 0 Å². The van der Waals surface area contributed by atoms with Crippen molar-refractivity contribution in [2.45, 2.75) is 134 Å². The summed E-state index contributed by atoms with van der Waals surface area (Å²) in [6, 6.07) is 58.4. The minimum absolute atomic E-state index is 0.204. The van der Waals surface area contributed by atoms with Crippen molar-refractivity contribution in [3.05, 3.63) is 299 Å². The summed E-state index contributed by atoms with van der Waals surface area (Å²) in [5, 5.41) is 6.00. The van der Waals surface area contributed by atoms with E-state index in [0.717, 1.165) is 156 Å². The van der Waals surface area contributed by atoms with Crippen LogP contribution in [0.15, 0.2) is 254 Å². The molecule has 0 saturated carbocycles. The van der Waals surface area contributed by atoms with Crippen molar-refractivity contribution in [2.75, 3.05) is 0 Å². The van der Waals surface area contributed by atoms with E-state index in [1.807, 2.05) is 154 Å². The molecule has 15 nitrogen and oxygen atoms in total. The molecule has 2 unspecified atom stereocenters. The molecule has 0 aliphatic carbocycles. The van der Waals surface area contributed by atoms with Gasteiger partial charge in [0.25, 0.3) is 0 Å². The number of aryl methyl sites for hydroxylation is 13. The number of nitrogens with zero attached hydrogens (tertiary/aromatic N) is 10. The van der Waals surface area contributed by atoms with Crippen molar-refractivity contribution in [1.82, 2.24) is 24.9 Å². The van der Waals surface area contributed by atoms with Gasteiger partial charge in [0.05, 0.1) is 27.8 Å². The molecule has 20 aromatic rings. The maximum Gasteiger partial charge on any atom is 0.216 e. The monoisotopic (exact) mass is 1590 g/mol. The van der Waals surface area contributed by atoms with Crippen molar-refractivity contribution >= 4 is 110 Å². The Labute approximate surface area is 711 Å². The molecular formula is C105H105N10O5+5. The summed E-state index contributed by atoms with van der Waals surface area (Å²) < 4.78 is 105. The van der Waals surface area contributed by atoms with Gasteiger partial charge in [0.1, 0.15) is 68.5 Å². The average Bonchev–Trinajstić information content (AvgIpc) is 1.60. The molecule has 5 aromatic carbocycles. The molecule has 0 amide bonds. The van der Waals surface area contributed by atoms with Gasteiger partial charge in [0.2, 0.25) is 28.5 Å². The lowest BCUT2D eigenvalue weighted by Crippen LogP contribution is -2.31. The number of aromatic nitrogens is 10. The second kappa shape index (κ2) is 32.8. The smallest absolute Gasteiger partial charge is 0.216 e. The van der Waals surface area contributed by atoms with Gasteiger partial charge in [-0.1, -0.05) is 91.6 Å². The van der Waals surface area contributed by atoms with Gasteiger partial charge in [-0.2, -0.15) is 0 Å². The van der Waals surface area contributed by atoms with E-state index in [0.29, 0.717) is 50.8 Å². The fraction of sp³-hybridized carbons (Fsp3) is 0.238. The zero-order valence-corrected chi connectivity index (χ0v) is 71.6. The predicted molar refractivity (Wildman–Crippen MR) is 485 cm³/mol. The molecule has 0 aliphatic heterocycles. The summed E-state index contributed by atoms with van der Waals surface area (Å²) in [5.41, 5.74) is 33.7. The Bertz CT molecular complexity index is 7570. The van der Waals surface area contributed by atoms with Crippen molar-refractivity contribution in [2.24, 2.45) is 35.2 Å². The Hall–Kier alpha value is -13.4. The van der Waals surface area contributed by atoms with Crippen LogP contribution in [-0.4, -0.2) is 24.9 Å². The van der Waals surface area contributed by atoms with Gasteiger partial charge < -0.3 is 22.1 Å². The summed E-state index contributed by atoms with van der Waals surface area (Å²) in [7, 11) is 10.2. The first-order chi connectivity index (χ1) is 60.8. The van der Waals surface area contributed by atoms with Crippen molar-refractivity contribution < 1.29 is 55.9 Å². The van der Waals surface area contributed by atoms with Crippen LogP contribution >= 0.6 is 0 Å². The van der Waals surface area contributed by atoms with E-state index in [-0.39, 0.29) is 5.69 Å². The molecule has 0 fully saturated rings. The third kappa shape index (κ3) is 14.9. The van der Waals surface area contributed by atoms with E-state index in [2.05, 4.69) is 220 Å². The Balaban J connectivity index is 0.000000118. The molecule has 15 aromatic heterocycles. The van der Waals surface area contributed by atoms with E-state index >= 15 is 0 Å². The number of pyridine rings is 10. The predicted octanol–water partition coefficient (Wildman–Crippen LogP) is 24.3. The van der Waals surface area contributed by atoms with Crippen LogP contribution in [0, 0.1) is 55.4 Å². The van der Waals surface area contributed by atoms with Crippen LogP contribution in [0.5, 0.6) is 0 Å². The van der Waals surface area contributed by atoms with Crippen molar-refractivity contribution in [3.63, 3.8) is 0 Å². The summed E-state index contributed by atoms with van der Waals surface area (Å²) in [4.78, 5) is 22.7. The van der Waals surface area contributed by atoms with Crippen LogP contribution in [0.3, 0.4) is 0 Å². The third-order valence-corrected chi connectivity index (χ3v) is 22.8. The number of hydrogen-bond donors (Lipinski definition) is 0. The molecule has 120 heavy (non-hydrogen) atoms. The maximum absolute atomic E-state index is 8.51. The van der Waals surface area contributed by atoms with Gasteiger partial charge in [-0.3, -0.25) is 15.0 Å². The Morgan fingerprint density at radius 3 is 1.13 bits per heavy atom. The van der Waals surface area contributed by atoms with Crippen LogP contribution < -0.4 is 22.8 Å². The topological polar surface area (TPSA) is 150 Å². The highest BCUT2D eigenvalue weighted by Gasteiger charge is 2.29. The molecule has 0 bridgehead atoms. The van der Waals surface area contributed by atoms with E-state index in [1.165, 1.54) is 47.2 Å². The summed E-state index contributed by atoms with van der Waals surface area (Å²) in [6.07, 6.45) is 17.6. The highest BCUT2D eigenvalue weighted by Crippen LogP contribution is 2.44. The number of fused-ring (bicyclic) bond motifs is 15. The molecule has 0 aliphatic rings. The summed E-state index contributed by atoms with van der Waals surface area (Å²) in [5.74, 6) is -2.85. The van der Waals surface area contributed by atoms with Crippen molar-refractivity contribution in [1.29, 1.82) is 0 Å². The first-order valence-electron chi connectivity index (χ1n) is 44.7. The normalized spacial score (nSPS) is 13.8. The molecule has 600 valence electrons. The number of furan rings is 5. The van der Waals surface area contributed by atoms with E-state index in [1.54, 1.807) is 24.4 Å². The van der Waals surface area contributed by atoms with Crippen LogP contribution in [0.25, 0.3) is 167 Å². The zero-order valence-electron chi connectivity index (χ0n) is 79.6. The van der Waals surface area contributed by atoms with E-state index in [4.69, 9.17) is 33.1 Å². The number of rotatable bonds is 9. The lowest BCUT2D eigenvalue weighted by Gasteiger charge is -2.06. The standard InChI is InChI=1S/2C22H23N2O.2C21H21N2O.C19H17N2O/c1-13(2)17-10-23-11-18-16-8-7-15(4)20(22(16)25-21(17)18)19-9-6-14(3)12-24(19)5;1-13(2)16-10-11-23-20-17-8-7-15(4)19(21(17)25-22(16)20)18-9-6-14(3)12-24(18)5;1-13(2)15-10-11-22-19-16-9-8-14(3)18(20(16)24-21(15)19)17-7-5-6-12-23(17)4;1-13(2)16-10-11-18-20(22-16)15-9-8-14(3)19(21(15)24-18)17-7-5-6-12-23(17)4;1-12-7-9-14-18-16(10-8-13(2)20-18)22-19(14)17(12)15-6-4-5-11-21(15)3/h2*6-13H,1-5H3;2*5-13H,1-4H3;4-11H,1-3H3/q5*+1/i;;2*1D3,13D;. The fourth-order valence-electron chi connectivity index (χ4n) is 16.6. The minimum Gasteiger partial charge on any atom is -0.455 e. The van der Waals surface area contributed by atoms with E-state index in [9.17, 15) is 0 Å². The highest BCUT2D eigenvalue weighted by atomic mass is 16.3. The summed E-state index contributed by atoms with van der Waals surface area (Å²) >= 11 is 0. The van der Waals surface area contributed by atoms with Gasteiger partial charge in [-0.15, -0.1) is 0 Å². The van der Waals surface area contributed by atoms with Crippen LogP contribution in [0.1, 0.15) is 157 Å². The molecular weight excluding hydrogens is 1480 g/mol. The lowest BCUT2D eigenvalue weighted by atomic mass is 9.99. The Kier molecular flexibility index (Phi) is 19.4. The quantitative estimate of drug-likeness (QED) is 0.128. The largest absolute Gasteiger partial charge is 0.455 e. The summed E-state index contributed by atoms with van der Waals surface area (Å²) in [6.45, 7) is 23.2. The Morgan fingerprint density at radius 2 is 0.700 bits per heavy atom.